The predicted molar refractivity (Wildman–Crippen MR) is 105 cm³/mol. The van der Waals surface area contributed by atoms with E-state index in [0.717, 1.165) is 24.8 Å². The molecule has 0 radical (unpaired) electrons. The number of benzene rings is 1. The number of carbonyl (C=O) groups excluding carboxylic acids is 1. The average Bonchev–Trinajstić information content (AvgIpc) is 3.32. The molecule has 2 aliphatic rings. The van der Waals surface area contributed by atoms with Crippen LogP contribution in [0.5, 0.6) is 0 Å². The molecule has 2 aliphatic heterocycles. The first-order chi connectivity index (χ1) is 12.7. The largest absolute Gasteiger partial charge is 0.370 e. The van der Waals surface area contributed by atoms with Crippen LogP contribution in [0.25, 0.3) is 0 Å². The van der Waals surface area contributed by atoms with Crippen LogP contribution in [0.15, 0.2) is 48.8 Å². The zero-order chi connectivity index (χ0) is 17.9. The van der Waals surface area contributed by atoms with Gasteiger partial charge in [0.15, 0.2) is 0 Å². The van der Waals surface area contributed by atoms with Gasteiger partial charge in [0.2, 0.25) is 0 Å². The van der Waals surface area contributed by atoms with Crippen molar-refractivity contribution in [3.8, 4) is 0 Å². The Labute approximate surface area is 155 Å². The molecule has 2 aromatic rings. The van der Waals surface area contributed by atoms with Gasteiger partial charge >= 0.3 is 0 Å². The Morgan fingerprint density at radius 2 is 2.00 bits per heavy atom. The molecule has 136 valence electrons. The molecule has 1 N–H and O–H groups in total. The van der Waals surface area contributed by atoms with E-state index in [2.05, 4.69) is 39.2 Å². The average molecular weight is 350 g/mol. The van der Waals surface area contributed by atoms with Crippen molar-refractivity contribution < 1.29 is 4.79 Å². The topological polar surface area (TPSA) is 48.5 Å². The number of hydrogen-bond acceptors (Lipinski definition) is 4. The molecule has 0 saturated carbocycles. The summed E-state index contributed by atoms with van der Waals surface area (Å²) in [7, 11) is 0. The first-order valence-electron chi connectivity index (χ1n) is 9.53. The first-order valence-corrected chi connectivity index (χ1v) is 9.53. The maximum Gasteiger partial charge on any atom is 0.257 e. The van der Waals surface area contributed by atoms with Crippen LogP contribution >= 0.6 is 0 Å². The Hall–Kier alpha value is -2.40. The van der Waals surface area contributed by atoms with Crippen molar-refractivity contribution >= 4 is 17.3 Å². The standard InChI is InChI=1S/C21H26N4O/c1-16-4-3-12-25(16)20-10-13-24(15-20)19-8-6-18(7-9-19)23-21(26)17-5-2-11-22-14-17/h2,5-9,11,14,16,20H,3-4,10,12-13,15H2,1H3,(H,23,26). The number of aromatic nitrogens is 1. The molecule has 1 aromatic carbocycles. The van der Waals surface area contributed by atoms with Gasteiger partial charge < -0.3 is 10.2 Å². The molecule has 0 spiro atoms. The van der Waals surface area contributed by atoms with Crippen molar-refractivity contribution in [2.45, 2.75) is 38.3 Å². The van der Waals surface area contributed by atoms with E-state index in [1.165, 1.54) is 31.5 Å². The Kier molecular flexibility index (Phi) is 4.89. The molecule has 2 atom stereocenters. The zero-order valence-electron chi connectivity index (χ0n) is 15.3. The normalized spacial score (nSPS) is 23.3. The molecular formula is C21H26N4O. The highest BCUT2D eigenvalue weighted by molar-refractivity contribution is 6.04. The van der Waals surface area contributed by atoms with Gasteiger partial charge in [-0.3, -0.25) is 14.7 Å². The number of pyridine rings is 1. The monoisotopic (exact) mass is 350 g/mol. The summed E-state index contributed by atoms with van der Waals surface area (Å²) in [6.45, 7) is 5.81. The summed E-state index contributed by atoms with van der Waals surface area (Å²) >= 11 is 0. The summed E-state index contributed by atoms with van der Waals surface area (Å²) in [4.78, 5) is 21.3. The van der Waals surface area contributed by atoms with E-state index in [0.29, 0.717) is 11.6 Å². The van der Waals surface area contributed by atoms with E-state index in [-0.39, 0.29) is 5.91 Å². The molecule has 0 aliphatic carbocycles. The molecule has 2 unspecified atom stereocenters. The van der Waals surface area contributed by atoms with Gasteiger partial charge in [0.05, 0.1) is 5.56 Å². The van der Waals surface area contributed by atoms with Crippen LogP contribution in [0, 0.1) is 0 Å². The van der Waals surface area contributed by atoms with E-state index in [1.54, 1.807) is 24.5 Å². The highest BCUT2D eigenvalue weighted by atomic mass is 16.1. The number of anilines is 2. The quantitative estimate of drug-likeness (QED) is 0.918. The highest BCUT2D eigenvalue weighted by Crippen LogP contribution is 2.28. The summed E-state index contributed by atoms with van der Waals surface area (Å²) in [5.41, 5.74) is 2.61. The minimum absolute atomic E-state index is 0.130. The molecule has 0 bridgehead atoms. The number of carbonyl (C=O) groups is 1. The van der Waals surface area contributed by atoms with Crippen LogP contribution in [0.1, 0.15) is 36.5 Å². The van der Waals surface area contributed by atoms with Crippen LogP contribution in [-0.4, -0.2) is 47.5 Å². The molecule has 5 heteroatoms. The summed E-state index contributed by atoms with van der Waals surface area (Å²) in [5.74, 6) is -0.130. The lowest BCUT2D eigenvalue weighted by atomic mass is 10.2. The number of amides is 1. The van der Waals surface area contributed by atoms with Crippen LogP contribution in [0.3, 0.4) is 0 Å². The fraction of sp³-hybridized carbons (Fsp3) is 0.429. The SMILES string of the molecule is CC1CCCN1C1CCN(c2ccc(NC(=O)c3cccnc3)cc2)C1. The van der Waals surface area contributed by atoms with Crippen molar-refractivity contribution in [1.82, 2.24) is 9.88 Å². The number of nitrogens with one attached hydrogen (secondary N) is 1. The Bertz CT molecular complexity index is 746. The molecule has 5 nitrogen and oxygen atoms in total. The van der Waals surface area contributed by atoms with Crippen molar-refractivity contribution in [3.05, 3.63) is 54.4 Å². The van der Waals surface area contributed by atoms with Gasteiger partial charge in [-0.2, -0.15) is 0 Å². The first kappa shape index (κ1) is 17.0. The molecule has 26 heavy (non-hydrogen) atoms. The van der Waals surface area contributed by atoms with Gasteiger partial charge in [-0.15, -0.1) is 0 Å². The summed E-state index contributed by atoms with van der Waals surface area (Å²) < 4.78 is 0. The van der Waals surface area contributed by atoms with Gasteiger partial charge in [0, 0.05) is 48.9 Å². The fourth-order valence-corrected chi connectivity index (χ4v) is 4.20. The van der Waals surface area contributed by atoms with Gasteiger partial charge in [0.25, 0.3) is 5.91 Å². The van der Waals surface area contributed by atoms with E-state index < -0.39 is 0 Å². The number of hydrogen-bond donors (Lipinski definition) is 1. The molecule has 1 aromatic heterocycles. The van der Waals surface area contributed by atoms with Crippen molar-refractivity contribution in [3.63, 3.8) is 0 Å². The molecule has 1 amide bonds. The molecule has 2 saturated heterocycles. The van der Waals surface area contributed by atoms with Gasteiger partial charge in [-0.1, -0.05) is 0 Å². The zero-order valence-corrected chi connectivity index (χ0v) is 15.3. The van der Waals surface area contributed by atoms with Crippen LogP contribution in [0.2, 0.25) is 0 Å². The molecule has 3 heterocycles. The van der Waals surface area contributed by atoms with Crippen molar-refractivity contribution in [1.29, 1.82) is 0 Å². The minimum Gasteiger partial charge on any atom is -0.370 e. The second-order valence-electron chi connectivity index (χ2n) is 7.36. The van der Waals surface area contributed by atoms with E-state index in [4.69, 9.17) is 0 Å². The van der Waals surface area contributed by atoms with Gasteiger partial charge in [0.1, 0.15) is 0 Å². The van der Waals surface area contributed by atoms with Crippen LogP contribution in [-0.2, 0) is 0 Å². The fourth-order valence-electron chi connectivity index (χ4n) is 4.20. The highest BCUT2D eigenvalue weighted by Gasteiger charge is 2.32. The van der Waals surface area contributed by atoms with Gasteiger partial charge in [-0.05, 0) is 69.1 Å². The van der Waals surface area contributed by atoms with E-state index in [9.17, 15) is 4.79 Å². The van der Waals surface area contributed by atoms with E-state index >= 15 is 0 Å². The summed E-state index contributed by atoms with van der Waals surface area (Å²) in [6, 6.07) is 13.1. The minimum atomic E-state index is -0.130. The van der Waals surface area contributed by atoms with Crippen LogP contribution < -0.4 is 10.2 Å². The third-order valence-corrected chi connectivity index (χ3v) is 5.65. The smallest absolute Gasteiger partial charge is 0.257 e. The Morgan fingerprint density at radius 3 is 2.69 bits per heavy atom. The Balaban J connectivity index is 1.37. The second-order valence-corrected chi connectivity index (χ2v) is 7.36. The maximum atomic E-state index is 12.2. The third-order valence-electron chi connectivity index (χ3n) is 5.65. The lowest BCUT2D eigenvalue weighted by Gasteiger charge is -2.28. The van der Waals surface area contributed by atoms with Gasteiger partial charge in [-0.25, -0.2) is 0 Å². The molecule has 2 fully saturated rings. The lowest BCUT2D eigenvalue weighted by Crippen LogP contribution is -2.39. The number of rotatable bonds is 4. The second kappa shape index (κ2) is 7.46. The molecular weight excluding hydrogens is 324 g/mol. The van der Waals surface area contributed by atoms with Crippen molar-refractivity contribution in [2.75, 3.05) is 29.9 Å². The Morgan fingerprint density at radius 1 is 1.15 bits per heavy atom. The summed E-state index contributed by atoms with van der Waals surface area (Å²) in [6.07, 6.45) is 7.15. The van der Waals surface area contributed by atoms with Crippen molar-refractivity contribution in [2.24, 2.45) is 0 Å². The van der Waals surface area contributed by atoms with Crippen LogP contribution in [0.4, 0.5) is 11.4 Å². The lowest BCUT2D eigenvalue weighted by molar-refractivity contribution is 0.102. The maximum absolute atomic E-state index is 12.2. The summed E-state index contributed by atoms with van der Waals surface area (Å²) in [5, 5.41) is 2.93. The predicted octanol–water partition coefficient (Wildman–Crippen LogP) is 3.40. The molecule has 4 rings (SSSR count). The third kappa shape index (κ3) is 3.58. The van der Waals surface area contributed by atoms with E-state index in [1.807, 2.05) is 12.1 Å². The number of likely N-dealkylation sites (tertiary alicyclic amines) is 1. The number of nitrogens with zero attached hydrogens (tertiary/aromatic N) is 3.